The molecule has 0 aliphatic rings. The lowest BCUT2D eigenvalue weighted by molar-refractivity contribution is -0.140. The highest BCUT2D eigenvalue weighted by Gasteiger charge is 2.33. The van der Waals surface area contributed by atoms with Crippen LogP contribution < -0.4 is 10.6 Å². The van der Waals surface area contributed by atoms with Crippen LogP contribution in [0, 0.1) is 0 Å². The van der Waals surface area contributed by atoms with E-state index in [4.69, 9.17) is 0 Å². The minimum Gasteiger partial charge on any atom is -0.357 e. The summed E-state index contributed by atoms with van der Waals surface area (Å²) in [5.41, 5.74) is 0.227. The van der Waals surface area contributed by atoms with E-state index in [0.717, 1.165) is 22.3 Å². The monoisotopic (exact) mass is 484 g/mol. The Morgan fingerprint density at radius 2 is 1.96 bits per heavy atom. The number of nitrogens with zero attached hydrogens (tertiary/aromatic N) is 2. The van der Waals surface area contributed by atoms with Crippen LogP contribution in [-0.2, 0) is 12.7 Å². The van der Waals surface area contributed by atoms with Gasteiger partial charge in [-0.3, -0.25) is 0 Å². The third-order valence-electron chi connectivity index (χ3n) is 3.21. The highest BCUT2D eigenvalue weighted by atomic mass is 127. The van der Waals surface area contributed by atoms with Crippen molar-refractivity contribution in [1.29, 1.82) is 0 Å². The summed E-state index contributed by atoms with van der Waals surface area (Å²) in [6, 6.07) is 9.86. The van der Waals surface area contributed by atoms with Gasteiger partial charge < -0.3 is 10.6 Å². The van der Waals surface area contributed by atoms with E-state index in [1.165, 1.54) is 0 Å². The molecular weight excluding hydrogens is 464 g/mol. The van der Waals surface area contributed by atoms with Gasteiger partial charge in [-0.05, 0) is 19.4 Å². The van der Waals surface area contributed by atoms with Gasteiger partial charge in [0.25, 0.3) is 0 Å². The Morgan fingerprint density at radius 1 is 1.28 bits per heavy atom. The average molecular weight is 484 g/mol. The Hall–Kier alpha value is -1.36. The van der Waals surface area contributed by atoms with E-state index in [-0.39, 0.29) is 36.6 Å². The van der Waals surface area contributed by atoms with Gasteiger partial charge in [0, 0.05) is 11.9 Å². The van der Waals surface area contributed by atoms with Crippen molar-refractivity contribution in [3.05, 3.63) is 52.0 Å². The molecule has 2 aromatic rings. The molecule has 1 atom stereocenters. The van der Waals surface area contributed by atoms with Gasteiger partial charge in [-0.25, -0.2) is 9.98 Å². The molecule has 0 aliphatic carbocycles. The standard InChI is InChI=1S/C16H19F3N4S.HI/c1-3-20-15(22-11(2)12-7-5-4-6-8-12)21-9-14-23-13(10-24-14)16(17,18)19;/h4-8,10-11H,3,9H2,1-2H3,(H2,20,21,22);1H. The first kappa shape index (κ1) is 21.7. The second-order valence-electron chi connectivity index (χ2n) is 5.10. The van der Waals surface area contributed by atoms with Crippen LogP contribution in [0.4, 0.5) is 13.2 Å². The number of alkyl halides is 3. The first-order valence-corrected chi connectivity index (χ1v) is 8.39. The lowest BCUT2D eigenvalue weighted by Crippen LogP contribution is -2.38. The first-order valence-electron chi connectivity index (χ1n) is 7.51. The topological polar surface area (TPSA) is 49.3 Å². The maximum absolute atomic E-state index is 12.6. The molecule has 0 amide bonds. The number of guanidine groups is 1. The zero-order chi connectivity index (χ0) is 17.6. The Morgan fingerprint density at radius 3 is 2.52 bits per heavy atom. The largest absolute Gasteiger partial charge is 0.434 e. The molecule has 2 rings (SSSR count). The van der Waals surface area contributed by atoms with Gasteiger partial charge >= 0.3 is 6.18 Å². The van der Waals surface area contributed by atoms with Crippen molar-refractivity contribution < 1.29 is 13.2 Å². The molecule has 0 radical (unpaired) electrons. The summed E-state index contributed by atoms with van der Waals surface area (Å²) in [7, 11) is 0. The van der Waals surface area contributed by atoms with Crippen molar-refractivity contribution in [2.24, 2.45) is 4.99 Å². The van der Waals surface area contributed by atoms with Gasteiger partial charge in [-0.2, -0.15) is 13.2 Å². The molecule has 0 bridgehead atoms. The maximum atomic E-state index is 12.6. The molecule has 0 aliphatic heterocycles. The smallest absolute Gasteiger partial charge is 0.357 e. The number of benzene rings is 1. The molecule has 138 valence electrons. The molecule has 9 heteroatoms. The molecule has 1 unspecified atom stereocenters. The summed E-state index contributed by atoms with van der Waals surface area (Å²) < 4.78 is 37.7. The van der Waals surface area contributed by atoms with E-state index >= 15 is 0 Å². The van der Waals surface area contributed by atoms with Crippen molar-refractivity contribution in [1.82, 2.24) is 15.6 Å². The van der Waals surface area contributed by atoms with E-state index in [1.807, 2.05) is 44.2 Å². The number of halogens is 4. The predicted octanol–water partition coefficient (Wildman–Crippen LogP) is 4.60. The quantitative estimate of drug-likeness (QED) is 0.371. The van der Waals surface area contributed by atoms with Crippen LogP contribution in [-0.4, -0.2) is 17.5 Å². The fraction of sp³-hybridized carbons (Fsp3) is 0.375. The second-order valence-corrected chi connectivity index (χ2v) is 6.04. The van der Waals surface area contributed by atoms with Crippen LogP contribution in [0.2, 0.25) is 0 Å². The molecule has 0 saturated heterocycles. The van der Waals surface area contributed by atoms with Crippen LogP contribution in [0.3, 0.4) is 0 Å². The van der Waals surface area contributed by atoms with Crippen LogP contribution in [0.15, 0.2) is 40.7 Å². The van der Waals surface area contributed by atoms with Crippen LogP contribution in [0.25, 0.3) is 0 Å². The molecule has 1 heterocycles. The van der Waals surface area contributed by atoms with E-state index in [2.05, 4.69) is 20.6 Å². The Bertz CT molecular complexity index is 674. The lowest BCUT2D eigenvalue weighted by Gasteiger charge is -2.18. The number of hydrogen-bond acceptors (Lipinski definition) is 3. The summed E-state index contributed by atoms with van der Waals surface area (Å²) in [6.45, 7) is 4.67. The molecule has 0 spiro atoms. The molecular formula is C16H20F3IN4S. The summed E-state index contributed by atoms with van der Waals surface area (Å²) in [5.74, 6) is 0.539. The molecule has 1 aromatic heterocycles. The number of rotatable bonds is 5. The molecule has 4 nitrogen and oxygen atoms in total. The lowest BCUT2D eigenvalue weighted by atomic mass is 10.1. The SMILES string of the molecule is CCNC(=NCc1nc(C(F)(F)F)cs1)NC(C)c1ccccc1.I. The number of nitrogens with one attached hydrogen (secondary N) is 2. The van der Waals surface area contributed by atoms with Crippen LogP contribution in [0.5, 0.6) is 0 Å². The third kappa shape index (κ3) is 6.81. The molecule has 0 fully saturated rings. The Kier molecular flexibility index (Phi) is 8.63. The van der Waals surface area contributed by atoms with E-state index in [0.29, 0.717) is 17.5 Å². The molecule has 2 N–H and O–H groups in total. The summed E-state index contributed by atoms with van der Waals surface area (Å²) >= 11 is 0.958. The van der Waals surface area contributed by atoms with Crippen LogP contribution in [0.1, 0.15) is 36.2 Å². The normalized spacial score (nSPS) is 13.1. The van der Waals surface area contributed by atoms with Crippen molar-refractivity contribution in [2.75, 3.05) is 6.54 Å². The predicted molar refractivity (Wildman–Crippen MR) is 105 cm³/mol. The van der Waals surface area contributed by atoms with Crippen molar-refractivity contribution in [3.63, 3.8) is 0 Å². The van der Waals surface area contributed by atoms with E-state index < -0.39 is 11.9 Å². The zero-order valence-electron chi connectivity index (χ0n) is 13.8. The van der Waals surface area contributed by atoms with Gasteiger partial charge in [0.2, 0.25) is 0 Å². The van der Waals surface area contributed by atoms with Gasteiger partial charge in [0.05, 0.1) is 12.6 Å². The maximum Gasteiger partial charge on any atom is 0.434 e. The zero-order valence-corrected chi connectivity index (χ0v) is 16.9. The van der Waals surface area contributed by atoms with Gasteiger partial charge in [-0.1, -0.05) is 30.3 Å². The summed E-state index contributed by atoms with van der Waals surface area (Å²) in [5, 5.41) is 7.66. The average Bonchev–Trinajstić information content (AvgIpc) is 3.03. The highest BCUT2D eigenvalue weighted by Crippen LogP contribution is 2.30. The Balaban J connectivity index is 0.00000312. The second kappa shape index (κ2) is 9.95. The van der Waals surface area contributed by atoms with Crippen molar-refractivity contribution in [2.45, 2.75) is 32.6 Å². The minimum atomic E-state index is -4.41. The fourth-order valence-corrected chi connectivity index (χ4v) is 2.73. The Labute approximate surface area is 166 Å². The number of aliphatic imine (C=N–C) groups is 1. The van der Waals surface area contributed by atoms with Crippen molar-refractivity contribution >= 4 is 41.3 Å². The van der Waals surface area contributed by atoms with Crippen LogP contribution >= 0.6 is 35.3 Å². The van der Waals surface area contributed by atoms with Gasteiger partial charge in [-0.15, -0.1) is 35.3 Å². The summed E-state index contributed by atoms with van der Waals surface area (Å²) in [4.78, 5) is 7.90. The first-order chi connectivity index (χ1) is 11.4. The minimum absolute atomic E-state index is 0. The fourth-order valence-electron chi connectivity index (χ4n) is 2.01. The number of hydrogen-bond donors (Lipinski definition) is 2. The molecule has 25 heavy (non-hydrogen) atoms. The van der Waals surface area contributed by atoms with Gasteiger partial charge in [0.1, 0.15) is 5.01 Å². The molecule has 0 saturated carbocycles. The molecule has 1 aromatic carbocycles. The number of aromatic nitrogens is 1. The van der Waals surface area contributed by atoms with E-state index in [1.54, 1.807) is 0 Å². The number of thiazole rings is 1. The van der Waals surface area contributed by atoms with E-state index in [9.17, 15) is 13.2 Å². The van der Waals surface area contributed by atoms with Gasteiger partial charge in [0.15, 0.2) is 11.7 Å². The third-order valence-corrected chi connectivity index (χ3v) is 4.05. The van der Waals surface area contributed by atoms with Crippen molar-refractivity contribution in [3.8, 4) is 0 Å². The summed E-state index contributed by atoms with van der Waals surface area (Å²) in [6.07, 6.45) is -4.41. The highest BCUT2D eigenvalue weighted by molar-refractivity contribution is 14.0.